The molecule has 0 bridgehead atoms. The van der Waals surface area contributed by atoms with E-state index in [1.165, 1.54) is 6.07 Å². The maximum absolute atomic E-state index is 10.8. The Bertz CT molecular complexity index is 420. The van der Waals surface area contributed by atoms with Crippen LogP contribution in [0.25, 0.3) is 0 Å². The molecule has 0 N–H and O–H groups in total. The van der Waals surface area contributed by atoms with Gasteiger partial charge >= 0.3 is 0 Å². The van der Waals surface area contributed by atoms with Gasteiger partial charge < -0.3 is 4.90 Å². The van der Waals surface area contributed by atoms with Crippen molar-refractivity contribution >= 4 is 23.1 Å². The van der Waals surface area contributed by atoms with Gasteiger partial charge in [-0.15, -0.1) is 11.8 Å². The molecule has 1 heterocycles. The van der Waals surface area contributed by atoms with Crippen molar-refractivity contribution in [1.82, 2.24) is 0 Å². The molecule has 0 unspecified atom stereocenters. The average molecular weight is 221 g/mol. The zero-order valence-electron chi connectivity index (χ0n) is 8.08. The van der Waals surface area contributed by atoms with E-state index in [1.54, 1.807) is 30.0 Å². The second-order valence-electron chi connectivity index (χ2n) is 3.04. The monoisotopic (exact) mass is 221 g/mol. The maximum atomic E-state index is 10.8. The van der Waals surface area contributed by atoms with Crippen LogP contribution in [0.5, 0.6) is 0 Å². The Hall–Kier alpha value is -1.49. The number of thioether (sulfide) groups is 1. The number of benzene rings is 1. The molecule has 1 radical (unpaired) electrons. The van der Waals surface area contributed by atoms with E-state index in [-0.39, 0.29) is 10.6 Å². The number of para-hydroxylation sites is 2. The molecule has 0 saturated heterocycles. The quantitative estimate of drug-likeness (QED) is 0.568. The molecule has 5 heteroatoms. The van der Waals surface area contributed by atoms with Crippen molar-refractivity contribution in [1.29, 1.82) is 0 Å². The summed E-state index contributed by atoms with van der Waals surface area (Å²) in [6, 6.07) is 6.73. The molecule has 0 aliphatic carbocycles. The van der Waals surface area contributed by atoms with Gasteiger partial charge in [0.25, 0.3) is 5.69 Å². The molecule has 1 aliphatic rings. The summed E-state index contributed by atoms with van der Waals surface area (Å²) in [4.78, 5) is 12.3. The highest BCUT2D eigenvalue weighted by atomic mass is 32.2. The van der Waals surface area contributed by atoms with E-state index in [4.69, 9.17) is 0 Å². The lowest BCUT2D eigenvalue weighted by molar-refractivity contribution is -0.384. The summed E-state index contributed by atoms with van der Waals surface area (Å²) in [5.41, 5.74) is 0.741. The van der Waals surface area contributed by atoms with Gasteiger partial charge in [-0.05, 0) is 18.4 Å². The second kappa shape index (κ2) is 3.94. The minimum Gasteiger partial charge on any atom is -0.323 e. The Morgan fingerprint density at radius 1 is 1.40 bits per heavy atom. The van der Waals surface area contributed by atoms with Crippen molar-refractivity contribution in [2.75, 3.05) is 4.90 Å². The van der Waals surface area contributed by atoms with Crippen molar-refractivity contribution in [3.8, 4) is 0 Å². The minimum atomic E-state index is -0.362. The highest BCUT2D eigenvalue weighted by molar-refractivity contribution is 8.05. The van der Waals surface area contributed by atoms with Crippen LogP contribution in [0.15, 0.2) is 35.9 Å². The number of hydrogen-bond acceptors (Lipinski definition) is 4. The highest BCUT2D eigenvalue weighted by Crippen LogP contribution is 2.39. The van der Waals surface area contributed by atoms with Gasteiger partial charge in [-0.2, -0.15) is 0 Å². The summed E-state index contributed by atoms with van der Waals surface area (Å²) in [5, 5.41) is 13.8. The predicted octanol–water partition coefficient (Wildman–Crippen LogP) is 3.13. The first-order valence-corrected chi connectivity index (χ1v) is 5.27. The highest BCUT2D eigenvalue weighted by Gasteiger charge is 2.24. The lowest BCUT2D eigenvalue weighted by Crippen LogP contribution is -2.15. The first-order chi connectivity index (χ1) is 7.20. The van der Waals surface area contributed by atoms with Gasteiger partial charge in [0, 0.05) is 12.3 Å². The summed E-state index contributed by atoms with van der Waals surface area (Å²) in [5.74, 6) is 0. The predicted molar refractivity (Wildman–Crippen MR) is 61.2 cm³/mol. The molecule has 1 aliphatic heterocycles. The van der Waals surface area contributed by atoms with Gasteiger partial charge in [-0.1, -0.05) is 12.1 Å². The summed E-state index contributed by atoms with van der Waals surface area (Å²) in [7, 11) is 0. The minimum absolute atomic E-state index is 0.129. The van der Waals surface area contributed by atoms with Gasteiger partial charge in [0.1, 0.15) is 11.1 Å². The molecule has 0 atom stereocenters. The fourth-order valence-corrected chi connectivity index (χ4v) is 2.08. The van der Waals surface area contributed by atoms with E-state index < -0.39 is 0 Å². The summed E-state index contributed by atoms with van der Waals surface area (Å²) >= 11 is 1.56. The van der Waals surface area contributed by atoms with E-state index in [1.807, 2.05) is 23.4 Å². The molecule has 4 nitrogen and oxygen atoms in total. The normalized spacial score (nSPS) is 15.9. The first kappa shape index (κ1) is 10.0. The Balaban J connectivity index is 2.43. The molecule has 0 aromatic heterocycles. The Morgan fingerprint density at radius 3 is 2.73 bits per heavy atom. The summed E-state index contributed by atoms with van der Waals surface area (Å²) in [6.07, 6.45) is 1.84. The third-order valence-corrected chi connectivity index (χ3v) is 2.92. The second-order valence-corrected chi connectivity index (χ2v) is 4.14. The van der Waals surface area contributed by atoms with Crippen molar-refractivity contribution in [2.24, 2.45) is 0 Å². The number of nitro groups is 1. The van der Waals surface area contributed by atoms with Crippen LogP contribution < -0.4 is 4.90 Å². The zero-order valence-corrected chi connectivity index (χ0v) is 8.90. The van der Waals surface area contributed by atoms with Crippen molar-refractivity contribution in [3.63, 3.8) is 0 Å². The van der Waals surface area contributed by atoms with Crippen LogP contribution in [-0.2, 0) is 0 Å². The van der Waals surface area contributed by atoms with Crippen molar-refractivity contribution < 1.29 is 4.92 Å². The van der Waals surface area contributed by atoms with Crippen LogP contribution in [-0.4, -0.2) is 4.92 Å². The smallest absolute Gasteiger partial charge is 0.292 e. The molecule has 0 saturated carbocycles. The number of anilines is 1. The fraction of sp³-hybridized carbons (Fsp3) is 0.100. The van der Waals surface area contributed by atoms with E-state index in [2.05, 4.69) is 0 Å². The molecule has 0 fully saturated rings. The maximum Gasteiger partial charge on any atom is 0.292 e. The standard InChI is InChI=1S/C10H9N2O2S/c1-8-11(6-7-15-8)9-4-2-3-5-10(9)12(13)14/h2-7H,1H3. The fourth-order valence-electron chi connectivity index (χ4n) is 1.42. The third kappa shape index (κ3) is 1.83. The van der Waals surface area contributed by atoms with Crippen LogP contribution in [0.1, 0.15) is 6.92 Å². The molecule has 0 spiro atoms. The summed E-state index contributed by atoms with van der Waals surface area (Å²) in [6.45, 7) is 1.93. The molecule has 0 amide bonds. The number of nitro benzene ring substituents is 1. The number of rotatable bonds is 2. The van der Waals surface area contributed by atoms with Gasteiger partial charge in [0.05, 0.1) is 4.92 Å². The summed E-state index contributed by atoms with van der Waals surface area (Å²) < 4.78 is 0. The Labute approximate surface area is 91.7 Å². The van der Waals surface area contributed by atoms with Gasteiger partial charge in [-0.25, -0.2) is 0 Å². The van der Waals surface area contributed by atoms with Crippen LogP contribution in [0.3, 0.4) is 0 Å². The molecule has 2 rings (SSSR count). The van der Waals surface area contributed by atoms with E-state index in [9.17, 15) is 10.1 Å². The first-order valence-electron chi connectivity index (χ1n) is 4.39. The van der Waals surface area contributed by atoms with E-state index in [0.717, 1.165) is 5.37 Å². The van der Waals surface area contributed by atoms with Gasteiger partial charge in [0.2, 0.25) is 0 Å². The van der Waals surface area contributed by atoms with Crippen LogP contribution >= 0.6 is 11.8 Å². The number of nitrogens with zero attached hydrogens (tertiary/aromatic N) is 2. The molecule has 77 valence electrons. The van der Waals surface area contributed by atoms with E-state index >= 15 is 0 Å². The molecular weight excluding hydrogens is 212 g/mol. The largest absolute Gasteiger partial charge is 0.323 e. The van der Waals surface area contributed by atoms with Crippen LogP contribution in [0.2, 0.25) is 0 Å². The molecule has 1 aromatic rings. The van der Waals surface area contributed by atoms with Crippen molar-refractivity contribution in [3.05, 3.63) is 51.4 Å². The Kier molecular flexibility index (Phi) is 2.64. The molecule has 15 heavy (non-hydrogen) atoms. The SMILES string of the molecule is C[C]1SC=CN1c1ccccc1[N+](=O)[O-]. The topological polar surface area (TPSA) is 46.4 Å². The van der Waals surface area contributed by atoms with Crippen LogP contribution in [0.4, 0.5) is 11.4 Å². The lowest BCUT2D eigenvalue weighted by Gasteiger charge is -2.19. The zero-order chi connectivity index (χ0) is 10.8. The Morgan fingerprint density at radius 2 is 2.13 bits per heavy atom. The van der Waals surface area contributed by atoms with Gasteiger partial charge in [-0.3, -0.25) is 10.1 Å². The molecule has 1 aromatic carbocycles. The van der Waals surface area contributed by atoms with Crippen LogP contribution in [0, 0.1) is 15.5 Å². The van der Waals surface area contributed by atoms with Crippen molar-refractivity contribution in [2.45, 2.75) is 6.92 Å². The molecular formula is C10H9N2O2S. The third-order valence-electron chi connectivity index (χ3n) is 2.13. The number of hydrogen-bond donors (Lipinski definition) is 0. The average Bonchev–Trinajstić information content (AvgIpc) is 2.64. The lowest BCUT2D eigenvalue weighted by atomic mass is 10.2. The van der Waals surface area contributed by atoms with Gasteiger partial charge in [0.15, 0.2) is 0 Å². The van der Waals surface area contributed by atoms with E-state index in [0.29, 0.717) is 5.69 Å².